The van der Waals surface area contributed by atoms with Gasteiger partial charge in [-0.05, 0) is 83.9 Å². The van der Waals surface area contributed by atoms with Crippen molar-refractivity contribution < 1.29 is 15.3 Å². The molecule has 3 nitrogen and oxygen atoms in total. The van der Waals surface area contributed by atoms with E-state index < -0.39 is 0 Å². The highest BCUT2D eigenvalue weighted by molar-refractivity contribution is 5.28. The third kappa shape index (κ3) is 1.54. The zero-order chi connectivity index (χ0) is 16.4. The van der Waals surface area contributed by atoms with Crippen LogP contribution in [0.25, 0.3) is 0 Å². The van der Waals surface area contributed by atoms with Crippen LogP contribution in [0.5, 0.6) is 0 Å². The molecule has 6 rings (SSSR count). The van der Waals surface area contributed by atoms with E-state index in [9.17, 15) is 15.3 Å². The minimum absolute atomic E-state index is 0.0261. The summed E-state index contributed by atoms with van der Waals surface area (Å²) in [5.74, 6) is 2.55. The molecule has 6 aliphatic rings. The van der Waals surface area contributed by atoms with Gasteiger partial charge in [0, 0.05) is 6.61 Å². The molecule has 23 heavy (non-hydrogen) atoms. The summed E-state index contributed by atoms with van der Waals surface area (Å²) < 4.78 is 0. The Morgan fingerprint density at radius 1 is 0.913 bits per heavy atom. The van der Waals surface area contributed by atoms with Crippen LogP contribution in [0, 0.1) is 45.3 Å². The summed E-state index contributed by atoms with van der Waals surface area (Å²) >= 11 is 0. The first-order chi connectivity index (χ1) is 10.7. The van der Waals surface area contributed by atoms with Crippen molar-refractivity contribution in [1.82, 2.24) is 0 Å². The lowest BCUT2D eigenvalue weighted by Gasteiger charge is -2.67. The molecule has 130 valence electrons. The van der Waals surface area contributed by atoms with E-state index in [0.717, 1.165) is 24.7 Å². The van der Waals surface area contributed by atoms with Crippen molar-refractivity contribution in [2.75, 3.05) is 6.61 Å². The molecule has 0 aliphatic heterocycles. The van der Waals surface area contributed by atoms with E-state index in [1.165, 1.54) is 19.3 Å². The summed E-state index contributed by atoms with van der Waals surface area (Å²) in [4.78, 5) is 0. The van der Waals surface area contributed by atoms with E-state index in [1.807, 2.05) is 0 Å². The lowest BCUT2D eigenvalue weighted by atomic mass is 9.38. The predicted molar refractivity (Wildman–Crippen MR) is 87.5 cm³/mol. The van der Waals surface area contributed by atoms with Crippen molar-refractivity contribution in [2.24, 2.45) is 45.3 Å². The number of rotatable bonds is 1. The van der Waals surface area contributed by atoms with Gasteiger partial charge in [0.1, 0.15) is 0 Å². The van der Waals surface area contributed by atoms with Crippen molar-refractivity contribution in [2.45, 2.75) is 71.5 Å². The molecule has 0 aromatic carbocycles. The number of hydrogen-bond donors (Lipinski definition) is 3. The Labute approximate surface area is 139 Å². The maximum Gasteiger partial charge on any atom is 0.0585 e. The van der Waals surface area contributed by atoms with Crippen LogP contribution in [-0.4, -0.2) is 34.1 Å². The Hall–Kier alpha value is -0.120. The second-order valence-electron chi connectivity index (χ2n) is 10.9. The second-order valence-corrected chi connectivity index (χ2v) is 10.9. The number of hydrogen-bond acceptors (Lipinski definition) is 3. The lowest BCUT2D eigenvalue weighted by Crippen LogP contribution is -2.65. The third-order valence-corrected chi connectivity index (χ3v) is 9.66. The van der Waals surface area contributed by atoms with E-state index in [-0.39, 0.29) is 35.6 Å². The highest BCUT2D eigenvalue weighted by Gasteiger charge is 2.79. The van der Waals surface area contributed by atoms with Crippen molar-refractivity contribution in [3.05, 3.63) is 0 Å². The zero-order valence-corrected chi connectivity index (χ0v) is 14.8. The van der Waals surface area contributed by atoms with Gasteiger partial charge < -0.3 is 15.3 Å². The topological polar surface area (TPSA) is 60.7 Å². The van der Waals surface area contributed by atoms with Gasteiger partial charge in [-0.25, -0.2) is 0 Å². The zero-order valence-electron chi connectivity index (χ0n) is 14.8. The Kier molecular flexibility index (Phi) is 2.63. The first kappa shape index (κ1) is 15.2. The minimum Gasteiger partial charge on any atom is -0.396 e. The Bertz CT molecular complexity index is 563. The molecule has 0 radical (unpaired) electrons. The molecule has 10 atom stereocenters. The highest BCUT2D eigenvalue weighted by atomic mass is 16.3. The van der Waals surface area contributed by atoms with Crippen LogP contribution < -0.4 is 0 Å². The highest BCUT2D eigenvalue weighted by Crippen LogP contribution is 2.85. The predicted octanol–water partition coefficient (Wildman–Crippen LogP) is 2.58. The molecule has 3 heteroatoms. The molecular weight excluding hydrogens is 288 g/mol. The molecule has 4 bridgehead atoms. The maximum absolute atomic E-state index is 11.2. The van der Waals surface area contributed by atoms with Crippen LogP contribution in [0.4, 0.5) is 0 Å². The van der Waals surface area contributed by atoms with Crippen LogP contribution >= 0.6 is 0 Å². The lowest BCUT2D eigenvalue weighted by molar-refractivity contribution is -0.235. The van der Waals surface area contributed by atoms with Gasteiger partial charge in [0.2, 0.25) is 0 Å². The Balaban J connectivity index is 1.60. The van der Waals surface area contributed by atoms with Crippen LogP contribution in [0.1, 0.15) is 59.3 Å². The fourth-order valence-electron chi connectivity index (χ4n) is 9.27. The van der Waals surface area contributed by atoms with Gasteiger partial charge in [-0.1, -0.05) is 20.8 Å². The van der Waals surface area contributed by atoms with Gasteiger partial charge in [-0.15, -0.1) is 0 Å². The van der Waals surface area contributed by atoms with Gasteiger partial charge in [0.25, 0.3) is 0 Å². The van der Waals surface area contributed by atoms with Crippen molar-refractivity contribution in [3.8, 4) is 0 Å². The summed E-state index contributed by atoms with van der Waals surface area (Å²) in [5, 5.41) is 31.9. The number of fused-ring (bicyclic) bond motifs is 1. The van der Waals surface area contributed by atoms with Crippen molar-refractivity contribution in [1.29, 1.82) is 0 Å². The molecule has 6 fully saturated rings. The normalized spacial score (nSPS) is 69.1. The van der Waals surface area contributed by atoms with E-state index in [1.54, 1.807) is 0 Å². The molecule has 0 aromatic heterocycles. The molecule has 1 unspecified atom stereocenters. The average Bonchev–Trinajstić information content (AvgIpc) is 2.88. The molecule has 0 amide bonds. The van der Waals surface area contributed by atoms with Gasteiger partial charge in [-0.2, -0.15) is 0 Å². The first-order valence-corrected chi connectivity index (χ1v) is 9.66. The molecule has 1 spiro atoms. The molecule has 6 saturated carbocycles. The maximum atomic E-state index is 11.2. The first-order valence-electron chi connectivity index (χ1n) is 9.66. The SMILES string of the molecule is C[C@]1(CO)C[C@@H](O)C[C@]2(C)[C@@H]1[C@H](O)C[C@@]13CC4[C@@H](C[C@H]12)[C@@]4(C)C3. The summed E-state index contributed by atoms with van der Waals surface area (Å²) in [6, 6.07) is 0. The molecule has 0 aromatic rings. The van der Waals surface area contributed by atoms with E-state index in [0.29, 0.717) is 23.2 Å². The van der Waals surface area contributed by atoms with Gasteiger partial charge in [0.05, 0.1) is 12.2 Å². The average molecular weight is 320 g/mol. The van der Waals surface area contributed by atoms with Crippen LogP contribution in [0.2, 0.25) is 0 Å². The van der Waals surface area contributed by atoms with Crippen LogP contribution in [0.15, 0.2) is 0 Å². The van der Waals surface area contributed by atoms with Crippen molar-refractivity contribution in [3.63, 3.8) is 0 Å². The molecule has 0 heterocycles. The summed E-state index contributed by atoms with van der Waals surface area (Å²) in [6.45, 7) is 6.97. The Morgan fingerprint density at radius 3 is 2.26 bits per heavy atom. The molecule has 6 aliphatic carbocycles. The van der Waals surface area contributed by atoms with E-state index in [2.05, 4.69) is 20.8 Å². The number of aliphatic hydroxyl groups excluding tert-OH is 3. The Morgan fingerprint density at radius 2 is 1.65 bits per heavy atom. The largest absolute Gasteiger partial charge is 0.396 e. The molecule has 3 N–H and O–H groups in total. The fourth-order valence-corrected chi connectivity index (χ4v) is 9.27. The van der Waals surface area contributed by atoms with Crippen molar-refractivity contribution >= 4 is 0 Å². The fraction of sp³-hybridized carbons (Fsp3) is 1.00. The molecular formula is C20H32O3. The summed E-state index contributed by atoms with van der Waals surface area (Å²) in [7, 11) is 0. The smallest absolute Gasteiger partial charge is 0.0585 e. The summed E-state index contributed by atoms with van der Waals surface area (Å²) in [5.41, 5.74) is 0.502. The summed E-state index contributed by atoms with van der Waals surface area (Å²) in [6.07, 6.45) is 5.62. The molecule has 0 saturated heterocycles. The minimum atomic E-state index is -0.346. The van der Waals surface area contributed by atoms with Gasteiger partial charge >= 0.3 is 0 Å². The quantitative estimate of drug-likeness (QED) is 0.696. The van der Waals surface area contributed by atoms with Gasteiger partial charge in [-0.3, -0.25) is 0 Å². The van der Waals surface area contributed by atoms with Crippen LogP contribution in [0.3, 0.4) is 0 Å². The van der Waals surface area contributed by atoms with E-state index >= 15 is 0 Å². The third-order valence-electron chi connectivity index (χ3n) is 9.66. The monoisotopic (exact) mass is 320 g/mol. The van der Waals surface area contributed by atoms with E-state index in [4.69, 9.17) is 0 Å². The standard InChI is InChI=1S/C20H32O3/c1-17(10-21)5-11(22)6-18(2)15-4-12-13-7-20(15,9-19(12,13)3)8-14(23)16(17)18/h11-16,21-23H,4-10H2,1-3H3/t11-,12-,13?,14-,15+,16-,17-,18+,19-,20-/m1/s1. The number of aliphatic hydroxyl groups is 3. The van der Waals surface area contributed by atoms with Gasteiger partial charge in [0.15, 0.2) is 0 Å². The van der Waals surface area contributed by atoms with Crippen LogP contribution in [-0.2, 0) is 0 Å². The second kappa shape index (κ2) is 3.99.